The molecule has 3 aromatic rings. The first-order valence-electron chi connectivity index (χ1n) is 9.49. The maximum absolute atomic E-state index is 12.6. The lowest BCUT2D eigenvalue weighted by Crippen LogP contribution is -2.30. The van der Waals surface area contributed by atoms with Crippen molar-refractivity contribution in [2.24, 2.45) is 0 Å². The van der Waals surface area contributed by atoms with E-state index in [9.17, 15) is 8.42 Å². The Morgan fingerprint density at radius 3 is 2.64 bits per heavy atom. The molecule has 0 radical (unpaired) electrons. The van der Waals surface area contributed by atoms with Crippen molar-refractivity contribution in [1.82, 2.24) is 9.82 Å². The van der Waals surface area contributed by atoms with Crippen LogP contribution in [-0.4, -0.2) is 20.0 Å². The number of aryl methyl sites for hydroxylation is 1. The third-order valence-corrected chi connectivity index (χ3v) is 6.17. The fourth-order valence-electron chi connectivity index (χ4n) is 3.58. The number of hydrazine groups is 1. The minimum atomic E-state index is -3.68. The standard InChI is InChI=1S/C21H23N3O3S/c1-2-27-15-12-13-18-20(14-15)22-19-11-7-6-10-17(19)21(18)23-24-28(25,26)16-8-4-3-5-9-16/h3-5,8-9,12-14,24H,2,6-7,10-11H2,1H3,(H,22,23). The number of ether oxygens (including phenoxy) is 1. The quantitative estimate of drug-likeness (QED) is 0.618. The molecule has 2 aromatic carbocycles. The van der Waals surface area contributed by atoms with Crippen LogP contribution in [0.15, 0.2) is 53.4 Å². The molecule has 0 saturated heterocycles. The fourth-order valence-corrected chi connectivity index (χ4v) is 4.45. The monoisotopic (exact) mass is 397 g/mol. The number of pyridine rings is 1. The number of aromatic nitrogens is 1. The Bertz CT molecular complexity index is 1100. The number of hydrogen-bond acceptors (Lipinski definition) is 5. The molecule has 0 atom stereocenters. The van der Waals surface area contributed by atoms with Gasteiger partial charge in [-0.1, -0.05) is 18.2 Å². The zero-order chi connectivity index (χ0) is 19.6. The van der Waals surface area contributed by atoms with Crippen molar-refractivity contribution in [1.29, 1.82) is 0 Å². The zero-order valence-corrected chi connectivity index (χ0v) is 16.6. The molecule has 0 amide bonds. The summed E-state index contributed by atoms with van der Waals surface area (Å²) in [4.78, 5) is 7.58. The average Bonchev–Trinajstić information content (AvgIpc) is 2.72. The predicted molar refractivity (Wildman–Crippen MR) is 110 cm³/mol. The van der Waals surface area contributed by atoms with Crippen molar-refractivity contribution < 1.29 is 13.2 Å². The van der Waals surface area contributed by atoms with Gasteiger partial charge in [0.1, 0.15) is 5.75 Å². The van der Waals surface area contributed by atoms with E-state index in [2.05, 4.69) is 10.3 Å². The summed E-state index contributed by atoms with van der Waals surface area (Å²) in [7, 11) is -3.68. The average molecular weight is 398 g/mol. The summed E-state index contributed by atoms with van der Waals surface area (Å²) in [6.07, 6.45) is 3.92. The lowest BCUT2D eigenvalue weighted by molar-refractivity contribution is 0.340. The molecule has 1 aromatic heterocycles. The molecular weight excluding hydrogens is 374 g/mol. The van der Waals surface area contributed by atoms with Gasteiger partial charge in [0.05, 0.1) is 22.7 Å². The van der Waals surface area contributed by atoms with Gasteiger partial charge in [0.25, 0.3) is 10.0 Å². The van der Waals surface area contributed by atoms with Gasteiger partial charge in [0, 0.05) is 17.1 Å². The highest BCUT2D eigenvalue weighted by atomic mass is 32.2. The van der Waals surface area contributed by atoms with Crippen LogP contribution in [0.2, 0.25) is 0 Å². The molecule has 146 valence electrons. The second-order valence-corrected chi connectivity index (χ2v) is 8.46. The third kappa shape index (κ3) is 3.68. The lowest BCUT2D eigenvalue weighted by Gasteiger charge is -2.22. The van der Waals surface area contributed by atoms with Crippen LogP contribution >= 0.6 is 0 Å². The summed E-state index contributed by atoms with van der Waals surface area (Å²) in [5.41, 5.74) is 6.67. The van der Waals surface area contributed by atoms with Crippen molar-refractivity contribution >= 4 is 26.6 Å². The molecule has 0 aliphatic heterocycles. The summed E-state index contributed by atoms with van der Waals surface area (Å²) in [5, 5.41) is 0.875. The lowest BCUT2D eigenvalue weighted by atomic mass is 9.93. The SMILES string of the molecule is CCOc1ccc2c(NNS(=O)(=O)c3ccccc3)c3c(nc2c1)CCCC3. The summed E-state index contributed by atoms with van der Waals surface area (Å²) in [6, 6.07) is 14.1. The second-order valence-electron chi connectivity index (χ2n) is 6.77. The zero-order valence-electron chi connectivity index (χ0n) is 15.7. The van der Waals surface area contributed by atoms with Gasteiger partial charge in [-0.25, -0.2) is 8.42 Å². The predicted octanol–water partition coefficient (Wildman–Crippen LogP) is 3.82. The molecule has 0 unspecified atom stereocenters. The van der Waals surface area contributed by atoms with Gasteiger partial charge in [0.2, 0.25) is 0 Å². The highest BCUT2D eigenvalue weighted by molar-refractivity contribution is 7.89. The molecule has 2 N–H and O–H groups in total. The molecule has 0 bridgehead atoms. The van der Waals surface area contributed by atoms with E-state index in [4.69, 9.17) is 9.72 Å². The van der Waals surface area contributed by atoms with Gasteiger partial charge in [-0.2, -0.15) is 0 Å². The Morgan fingerprint density at radius 2 is 1.86 bits per heavy atom. The van der Waals surface area contributed by atoms with Crippen LogP contribution in [0.5, 0.6) is 5.75 Å². The minimum Gasteiger partial charge on any atom is -0.494 e. The fraction of sp³-hybridized carbons (Fsp3) is 0.286. The van der Waals surface area contributed by atoms with Crippen molar-refractivity contribution in [3.63, 3.8) is 0 Å². The van der Waals surface area contributed by atoms with Crippen LogP contribution in [0.4, 0.5) is 5.69 Å². The van der Waals surface area contributed by atoms with Crippen molar-refractivity contribution in [2.45, 2.75) is 37.5 Å². The summed E-state index contributed by atoms with van der Waals surface area (Å²) < 4.78 is 30.9. The van der Waals surface area contributed by atoms with Crippen LogP contribution in [0.3, 0.4) is 0 Å². The first kappa shape index (κ1) is 18.7. The van der Waals surface area contributed by atoms with E-state index >= 15 is 0 Å². The summed E-state index contributed by atoms with van der Waals surface area (Å²) >= 11 is 0. The smallest absolute Gasteiger partial charge is 0.257 e. The summed E-state index contributed by atoms with van der Waals surface area (Å²) in [5.74, 6) is 0.758. The molecule has 0 fully saturated rings. The van der Waals surface area contributed by atoms with Gasteiger partial charge in [-0.05, 0) is 62.4 Å². The number of benzene rings is 2. The molecule has 1 aliphatic rings. The van der Waals surface area contributed by atoms with Crippen LogP contribution in [0.1, 0.15) is 31.0 Å². The van der Waals surface area contributed by atoms with Gasteiger partial charge in [0.15, 0.2) is 0 Å². The number of sulfonamides is 1. The number of anilines is 1. The van der Waals surface area contributed by atoms with E-state index in [1.165, 1.54) is 0 Å². The van der Waals surface area contributed by atoms with E-state index < -0.39 is 10.0 Å². The maximum Gasteiger partial charge on any atom is 0.257 e. The Morgan fingerprint density at radius 1 is 1.07 bits per heavy atom. The van der Waals surface area contributed by atoms with E-state index in [1.807, 2.05) is 25.1 Å². The molecule has 7 heteroatoms. The Hall–Kier alpha value is -2.64. The van der Waals surface area contributed by atoms with Gasteiger partial charge in [-0.15, -0.1) is 4.83 Å². The van der Waals surface area contributed by atoms with Crippen LogP contribution in [0.25, 0.3) is 10.9 Å². The number of rotatable bonds is 6. The third-order valence-electron chi connectivity index (χ3n) is 4.91. The maximum atomic E-state index is 12.6. The molecule has 0 saturated carbocycles. The van der Waals surface area contributed by atoms with Gasteiger partial charge < -0.3 is 10.2 Å². The molecule has 0 spiro atoms. The van der Waals surface area contributed by atoms with E-state index in [0.29, 0.717) is 6.61 Å². The number of hydrogen-bond donors (Lipinski definition) is 2. The van der Waals surface area contributed by atoms with E-state index in [1.54, 1.807) is 30.3 Å². The molecule has 1 aliphatic carbocycles. The Balaban J connectivity index is 1.74. The van der Waals surface area contributed by atoms with Crippen molar-refractivity contribution in [3.05, 3.63) is 59.8 Å². The van der Waals surface area contributed by atoms with E-state index in [-0.39, 0.29) is 4.90 Å². The van der Waals surface area contributed by atoms with Crippen molar-refractivity contribution in [2.75, 3.05) is 12.0 Å². The normalized spacial score (nSPS) is 13.9. The van der Waals surface area contributed by atoms with Crippen LogP contribution < -0.4 is 15.0 Å². The highest BCUT2D eigenvalue weighted by Crippen LogP contribution is 2.34. The number of nitrogens with one attached hydrogen (secondary N) is 2. The second kappa shape index (κ2) is 7.77. The number of nitrogens with zero attached hydrogens (tertiary/aromatic N) is 1. The molecule has 4 rings (SSSR count). The molecular formula is C21H23N3O3S. The van der Waals surface area contributed by atoms with E-state index in [0.717, 1.165) is 59.3 Å². The largest absolute Gasteiger partial charge is 0.494 e. The molecule has 6 nitrogen and oxygen atoms in total. The first-order chi connectivity index (χ1) is 13.6. The molecule has 1 heterocycles. The minimum absolute atomic E-state index is 0.216. The van der Waals surface area contributed by atoms with Crippen molar-refractivity contribution in [3.8, 4) is 5.75 Å². The summed E-state index contributed by atoms with van der Waals surface area (Å²) in [6.45, 7) is 2.52. The molecule has 28 heavy (non-hydrogen) atoms. The topological polar surface area (TPSA) is 80.3 Å². The number of fused-ring (bicyclic) bond motifs is 2. The van der Waals surface area contributed by atoms with Crippen LogP contribution in [0, 0.1) is 0 Å². The van der Waals surface area contributed by atoms with Gasteiger partial charge in [-0.3, -0.25) is 4.98 Å². The Labute approximate surface area is 165 Å². The Kier molecular flexibility index (Phi) is 5.19. The van der Waals surface area contributed by atoms with Gasteiger partial charge >= 0.3 is 0 Å². The first-order valence-corrected chi connectivity index (χ1v) is 11.0. The van der Waals surface area contributed by atoms with Crippen LogP contribution in [-0.2, 0) is 22.9 Å². The highest BCUT2D eigenvalue weighted by Gasteiger charge is 2.20.